The molecule has 1 aromatic carbocycles. The first-order valence-corrected chi connectivity index (χ1v) is 5.78. The Morgan fingerprint density at radius 1 is 1.59 bits per heavy atom. The van der Waals surface area contributed by atoms with Gasteiger partial charge in [-0.3, -0.25) is 0 Å². The molecule has 0 aliphatic carbocycles. The number of thiol groups is 1. The second kappa shape index (κ2) is 6.64. The van der Waals surface area contributed by atoms with Gasteiger partial charge >= 0.3 is 5.97 Å². The molecule has 1 rings (SSSR count). The third kappa shape index (κ3) is 4.38. The molecule has 0 bridgehead atoms. The topological polar surface area (TPSA) is 58.6 Å². The average molecular weight is 255 g/mol. The quantitative estimate of drug-likeness (QED) is 0.547. The zero-order chi connectivity index (χ0) is 12.8. The summed E-state index contributed by atoms with van der Waals surface area (Å²) in [6, 6.07) is 5.20. The number of aliphatic hydroxyl groups excluding tert-OH is 1. The molecule has 0 saturated carbocycles. The maximum Gasteiger partial charge on any atom is 0.337 e. The molecule has 0 saturated heterocycles. The molecule has 1 aromatic rings. The zero-order valence-electron chi connectivity index (χ0n) is 9.93. The van der Waals surface area contributed by atoms with Crippen LogP contribution in [0, 0.1) is 0 Å². The summed E-state index contributed by atoms with van der Waals surface area (Å²) in [5, 5.41) is 12.2. The van der Waals surface area contributed by atoms with E-state index in [0.717, 1.165) is 10.5 Å². The first-order valence-electron chi connectivity index (χ1n) is 5.33. The second-order valence-corrected chi connectivity index (χ2v) is 4.30. The van der Waals surface area contributed by atoms with E-state index in [2.05, 4.69) is 22.7 Å². The molecule has 0 amide bonds. The first kappa shape index (κ1) is 14.0. The number of hydrogen-bond acceptors (Lipinski definition) is 5. The Morgan fingerprint density at radius 2 is 2.29 bits per heavy atom. The summed E-state index contributed by atoms with van der Waals surface area (Å²) >= 11 is 4.32. The molecule has 0 aliphatic heterocycles. The molecule has 4 nitrogen and oxygen atoms in total. The van der Waals surface area contributed by atoms with Gasteiger partial charge in [-0.2, -0.15) is 0 Å². The van der Waals surface area contributed by atoms with Crippen LogP contribution in [-0.4, -0.2) is 30.8 Å². The van der Waals surface area contributed by atoms with Gasteiger partial charge in [0.2, 0.25) is 0 Å². The highest BCUT2D eigenvalue weighted by molar-refractivity contribution is 7.80. The summed E-state index contributed by atoms with van der Waals surface area (Å²) in [6.45, 7) is 2.84. The summed E-state index contributed by atoms with van der Waals surface area (Å²) in [4.78, 5) is 12.0. The van der Waals surface area contributed by atoms with Crippen molar-refractivity contribution in [3.05, 3.63) is 29.3 Å². The molecule has 0 fully saturated rings. The fraction of sp³-hybridized carbons (Fsp3) is 0.417. The van der Waals surface area contributed by atoms with E-state index in [1.54, 1.807) is 19.1 Å². The van der Waals surface area contributed by atoms with Gasteiger partial charge in [0.05, 0.1) is 18.8 Å². The standard InChI is InChI=1S/C12H17NO3S/c1-8(14)6-13-7-10-4-3-9(5-11(10)17)12(15)16-2/h3-5,8,13-14,17H,6-7H2,1-2H3/t8-/m1/s1. The number of methoxy groups -OCH3 is 1. The van der Waals surface area contributed by atoms with Gasteiger partial charge in [-0.15, -0.1) is 12.6 Å². The smallest absolute Gasteiger partial charge is 0.337 e. The summed E-state index contributed by atoms with van der Waals surface area (Å²) in [5.74, 6) is -0.371. The minimum atomic E-state index is -0.382. The predicted octanol–water partition coefficient (Wildman–Crippen LogP) is 1.23. The third-order valence-corrected chi connectivity index (χ3v) is 2.68. The van der Waals surface area contributed by atoms with Crippen LogP contribution in [0.3, 0.4) is 0 Å². The van der Waals surface area contributed by atoms with E-state index < -0.39 is 0 Å². The van der Waals surface area contributed by atoms with Gasteiger partial charge in [-0.25, -0.2) is 4.79 Å². The van der Waals surface area contributed by atoms with E-state index >= 15 is 0 Å². The minimum Gasteiger partial charge on any atom is -0.465 e. The second-order valence-electron chi connectivity index (χ2n) is 3.81. The minimum absolute atomic E-state index is 0.371. The Bertz CT molecular complexity index is 393. The first-order chi connectivity index (χ1) is 8.04. The fourth-order valence-electron chi connectivity index (χ4n) is 1.37. The molecule has 0 radical (unpaired) electrons. The number of carbonyl (C=O) groups excluding carboxylic acids is 1. The van der Waals surface area contributed by atoms with Crippen molar-refractivity contribution < 1.29 is 14.6 Å². The van der Waals surface area contributed by atoms with Crippen molar-refractivity contribution in [1.82, 2.24) is 5.32 Å². The number of carbonyl (C=O) groups is 1. The van der Waals surface area contributed by atoms with Crippen molar-refractivity contribution in [2.75, 3.05) is 13.7 Å². The molecule has 0 aromatic heterocycles. The SMILES string of the molecule is COC(=O)c1ccc(CNC[C@@H](C)O)c(S)c1. The molecule has 1 atom stereocenters. The number of esters is 1. The van der Waals surface area contributed by atoms with Gasteiger partial charge in [0.25, 0.3) is 0 Å². The molecule has 17 heavy (non-hydrogen) atoms. The van der Waals surface area contributed by atoms with Gasteiger partial charge in [0, 0.05) is 18.0 Å². The van der Waals surface area contributed by atoms with E-state index in [0.29, 0.717) is 18.7 Å². The summed E-state index contributed by atoms with van der Waals surface area (Å²) < 4.78 is 4.62. The molecule has 5 heteroatoms. The lowest BCUT2D eigenvalue weighted by molar-refractivity contribution is 0.0600. The molecule has 0 unspecified atom stereocenters. The van der Waals surface area contributed by atoms with Crippen LogP contribution >= 0.6 is 12.6 Å². The van der Waals surface area contributed by atoms with Gasteiger partial charge in [0.1, 0.15) is 0 Å². The molecule has 0 heterocycles. The van der Waals surface area contributed by atoms with Gasteiger partial charge in [0.15, 0.2) is 0 Å². The van der Waals surface area contributed by atoms with Crippen LogP contribution in [0.2, 0.25) is 0 Å². The summed E-state index contributed by atoms with van der Waals surface area (Å²) in [7, 11) is 1.35. The van der Waals surface area contributed by atoms with Crippen molar-refractivity contribution >= 4 is 18.6 Å². The molecule has 0 aliphatic rings. The van der Waals surface area contributed by atoms with E-state index in [4.69, 9.17) is 5.11 Å². The fourth-order valence-corrected chi connectivity index (χ4v) is 1.67. The monoisotopic (exact) mass is 255 g/mol. The number of aliphatic hydroxyl groups is 1. The highest BCUT2D eigenvalue weighted by Crippen LogP contribution is 2.16. The van der Waals surface area contributed by atoms with Crippen LogP contribution in [0.4, 0.5) is 0 Å². The Hall–Kier alpha value is -1.04. The van der Waals surface area contributed by atoms with E-state index in [1.165, 1.54) is 7.11 Å². The predicted molar refractivity (Wildman–Crippen MR) is 68.4 cm³/mol. The van der Waals surface area contributed by atoms with Crippen LogP contribution < -0.4 is 5.32 Å². The van der Waals surface area contributed by atoms with Crippen molar-refractivity contribution in [2.24, 2.45) is 0 Å². The van der Waals surface area contributed by atoms with Crippen molar-refractivity contribution in [3.63, 3.8) is 0 Å². The van der Waals surface area contributed by atoms with Crippen LogP contribution in [-0.2, 0) is 11.3 Å². The normalized spacial score (nSPS) is 12.2. The average Bonchev–Trinajstić information content (AvgIpc) is 2.29. The molecule has 2 N–H and O–H groups in total. The lowest BCUT2D eigenvalue weighted by Crippen LogP contribution is -2.24. The highest BCUT2D eigenvalue weighted by atomic mass is 32.1. The maximum absolute atomic E-state index is 11.3. The van der Waals surface area contributed by atoms with Gasteiger partial charge in [-0.1, -0.05) is 6.07 Å². The van der Waals surface area contributed by atoms with E-state index in [1.807, 2.05) is 6.07 Å². The summed E-state index contributed by atoms with van der Waals surface area (Å²) in [5.41, 5.74) is 1.46. The molecule has 94 valence electrons. The zero-order valence-corrected chi connectivity index (χ0v) is 10.8. The maximum atomic E-state index is 11.3. The van der Waals surface area contributed by atoms with Crippen LogP contribution in [0.15, 0.2) is 23.1 Å². The Labute approximate surface area is 106 Å². The number of rotatable bonds is 5. The highest BCUT2D eigenvalue weighted by Gasteiger charge is 2.07. The third-order valence-electron chi connectivity index (χ3n) is 2.26. The van der Waals surface area contributed by atoms with E-state index in [9.17, 15) is 4.79 Å². The van der Waals surface area contributed by atoms with Crippen molar-refractivity contribution in [3.8, 4) is 0 Å². The Kier molecular flexibility index (Phi) is 5.47. The molecular weight excluding hydrogens is 238 g/mol. The van der Waals surface area contributed by atoms with Crippen LogP contribution in [0.25, 0.3) is 0 Å². The molecular formula is C12H17NO3S. The lowest BCUT2D eigenvalue weighted by atomic mass is 10.1. The van der Waals surface area contributed by atoms with E-state index in [-0.39, 0.29) is 12.1 Å². The van der Waals surface area contributed by atoms with Crippen LogP contribution in [0.1, 0.15) is 22.8 Å². The number of nitrogens with one attached hydrogen (secondary N) is 1. The van der Waals surface area contributed by atoms with Gasteiger partial charge < -0.3 is 15.2 Å². The van der Waals surface area contributed by atoms with Gasteiger partial charge in [-0.05, 0) is 24.6 Å². The lowest BCUT2D eigenvalue weighted by Gasteiger charge is -2.09. The largest absolute Gasteiger partial charge is 0.465 e. The number of ether oxygens (including phenoxy) is 1. The Balaban J connectivity index is 2.66. The Morgan fingerprint density at radius 3 is 2.82 bits per heavy atom. The molecule has 0 spiro atoms. The summed E-state index contributed by atoms with van der Waals surface area (Å²) in [6.07, 6.45) is -0.382. The van der Waals surface area contributed by atoms with Crippen molar-refractivity contribution in [2.45, 2.75) is 24.5 Å². The number of benzene rings is 1. The number of hydrogen-bond donors (Lipinski definition) is 3. The van der Waals surface area contributed by atoms with Crippen molar-refractivity contribution in [1.29, 1.82) is 0 Å². The van der Waals surface area contributed by atoms with Crippen LogP contribution in [0.5, 0.6) is 0 Å².